The number of methoxy groups -OCH3 is 1. The van der Waals surface area contributed by atoms with Gasteiger partial charge in [-0.05, 0) is 42.3 Å². The number of aromatic amines is 1. The Labute approximate surface area is 193 Å². The molecule has 2 aromatic carbocycles. The van der Waals surface area contributed by atoms with Gasteiger partial charge in [0.2, 0.25) is 11.8 Å². The van der Waals surface area contributed by atoms with Crippen molar-refractivity contribution in [3.8, 4) is 23.4 Å². The predicted molar refractivity (Wildman–Crippen MR) is 118 cm³/mol. The maximum atomic E-state index is 10.8. The molecule has 1 aliphatic heterocycles. The van der Waals surface area contributed by atoms with Gasteiger partial charge in [0, 0.05) is 23.4 Å². The zero-order valence-electron chi connectivity index (χ0n) is 17.6. The van der Waals surface area contributed by atoms with Crippen LogP contribution in [0.4, 0.5) is 5.69 Å². The second kappa shape index (κ2) is 8.72. The Morgan fingerprint density at radius 1 is 1.36 bits per heavy atom. The summed E-state index contributed by atoms with van der Waals surface area (Å²) in [5.74, 6) is 0.350. The Morgan fingerprint density at radius 2 is 2.09 bits per heavy atom. The molecule has 0 aliphatic carbocycles. The number of aromatic nitrogens is 2. The van der Waals surface area contributed by atoms with Crippen LogP contribution in [0.3, 0.4) is 0 Å². The summed E-state index contributed by atoms with van der Waals surface area (Å²) >= 11 is 6.55. The predicted octanol–water partition coefficient (Wildman–Crippen LogP) is 4.09. The van der Waals surface area contributed by atoms with Crippen molar-refractivity contribution in [1.29, 1.82) is 5.26 Å². The first-order valence-corrected chi connectivity index (χ1v) is 10.1. The Bertz CT molecular complexity index is 1310. The highest BCUT2D eigenvalue weighted by molar-refractivity contribution is 6.32. The Kier molecular flexibility index (Phi) is 5.81. The lowest BCUT2D eigenvalue weighted by Gasteiger charge is -2.24. The topological polar surface area (TPSA) is 149 Å². The molecule has 0 amide bonds. The fourth-order valence-corrected chi connectivity index (χ4v) is 3.92. The van der Waals surface area contributed by atoms with Crippen LogP contribution in [0, 0.1) is 28.4 Å². The summed E-state index contributed by atoms with van der Waals surface area (Å²) in [5, 5.41) is 27.8. The highest BCUT2D eigenvalue weighted by atomic mass is 35.5. The van der Waals surface area contributed by atoms with Crippen LogP contribution >= 0.6 is 11.6 Å². The number of non-ortho nitro benzene ring substituents is 1. The summed E-state index contributed by atoms with van der Waals surface area (Å²) in [6.45, 7) is 1.94. The molecule has 1 atom stereocenters. The maximum Gasteiger partial charge on any atom is 0.269 e. The van der Waals surface area contributed by atoms with Crippen molar-refractivity contribution in [2.75, 3.05) is 7.11 Å². The third-order valence-corrected chi connectivity index (χ3v) is 5.53. The lowest BCUT2D eigenvalue weighted by atomic mass is 9.84. The van der Waals surface area contributed by atoms with Crippen molar-refractivity contribution in [2.24, 2.45) is 5.73 Å². The zero-order chi connectivity index (χ0) is 23.7. The molecule has 1 aliphatic rings. The molecular weight excluding hydrogens is 450 g/mol. The van der Waals surface area contributed by atoms with Crippen molar-refractivity contribution >= 4 is 17.3 Å². The number of benzene rings is 2. The van der Waals surface area contributed by atoms with Crippen LogP contribution in [0.1, 0.15) is 28.3 Å². The van der Waals surface area contributed by atoms with Gasteiger partial charge in [0.05, 0.1) is 23.0 Å². The molecule has 3 aromatic rings. The lowest BCUT2D eigenvalue weighted by Crippen LogP contribution is -2.21. The van der Waals surface area contributed by atoms with Crippen LogP contribution < -0.4 is 19.9 Å². The van der Waals surface area contributed by atoms with Gasteiger partial charge in [-0.25, -0.2) is 0 Å². The summed E-state index contributed by atoms with van der Waals surface area (Å²) in [7, 11) is 1.47. The molecule has 10 nitrogen and oxygen atoms in total. The molecule has 0 fully saturated rings. The lowest BCUT2D eigenvalue weighted by molar-refractivity contribution is -0.384. The number of rotatable bonds is 6. The van der Waals surface area contributed by atoms with Crippen molar-refractivity contribution in [2.45, 2.75) is 19.4 Å². The summed E-state index contributed by atoms with van der Waals surface area (Å²) in [6.07, 6.45) is 0. The van der Waals surface area contributed by atoms with E-state index in [-0.39, 0.29) is 28.8 Å². The Morgan fingerprint density at radius 3 is 2.73 bits per heavy atom. The fourth-order valence-electron chi connectivity index (χ4n) is 3.65. The van der Waals surface area contributed by atoms with Gasteiger partial charge in [0.15, 0.2) is 11.5 Å². The molecule has 3 N–H and O–H groups in total. The van der Waals surface area contributed by atoms with E-state index < -0.39 is 10.8 Å². The number of hydrogen-bond donors (Lipinski definition) is 2. The zero-order valence-corrected chi connectivity index (χ0v) is 18.3. The van der Waals surface area contributed by atoms with Crippen LogP contribution in [0.25, 0.3) is 0 Å². The standard InChI is InChI=1S/C22H18ClN5O5/c1-11-18-19(15(9-24)21(25)33-22(18)27-26-11)13-7-16(23)20(17(8-13)31-2)32-10-12-3-5-14(6-4-12)28(29)30/h3-8,19H,10,25H2,1-2H3,(H,26,27)/t19-/m0/s1. The second-order valence-corrected chi connectivity index (χ2v) is 7.65. The van der Waals surface area contributed by atoms with E-state index >= 15 is 0 Å². The van der Waals surface area contributed by atoms with Gasteiger partial charge < -0.3 is 19.9 Å². The number of fused-ring (bicyclic) bond motifs is 1. The van der Waals surface area contributed by atoms with Crippen molar-refractivity contribution in [3.05, 3.63) is 85.4 Å². The summed E-state index contributed by atoms with van der Waals surface area (Å²) in [6, 6.07) is 11.5. The molecule has 0 unspecified atom stereocenters. The first-order chi connectivity index (χ1) is 15.8. The third kappa shape index (κ3) is 4.02. The summed E-state index contributed by atoms with van der Waals surface area (Å²) in [4.78, 5) is 10.4. The molecular formula is C22H18ClN5O5. The van der Waals surface area contributed by atoms with Crippen LogP contribution in [0.2, 0.25) is 5.02 Å². The van der Waals surface area contributed by atoms with Crippen molar-refractivity contribution in [3.63, 3.8) is 0 Å². The number of nitrogens with one attached hydrogen (secondary N) is 1. The number of H-pyrrole nitrogens is 1. The molecule has 0 saturated carbocycles. The fraction of sp³-hybridized carbons (Fsp3) is 0.182. The maximum absolute atomic E-state index is 10.8. The number of allylic oxidation sites excluding steroid dienone is 1. The minimum Gasteiger partial charge on any atom is -0.493 e. The van der Waals surface area contributed by atoms with Gasteiger partial charge in [0.25, 0.3) is 5.69 Å². The monoisotopic (exact) mass is 467 g/mol. The van der Waals surface area contributed by atoms with Gasteiger partial charge in [-0.15, -0.1) is 5.10 Å². The number of nitrogens with two attached hydrogens (primary N) is 1. The Hall–Kier alpha value is -4.23. The smallest absolute Gasteiger partial charge is 0.269 e. The number of nitro benzene ring substituents is 1. The molecule has 0 spiro atoms. The van der Waals surface area contributed by atoms with E-state index in [1.807, 2.05) is 6.92 Å². The molecule has 2 heterocycles. The summed E-state index contributed by atoms with van der Waals surface area (Å²) in [5.41, 5.74) is 8.96. The minimum atomic E-state index is -0.562. The first-order valence-electron chi connectivity index (χ1n) is 9.70. The van der Waals surface area contributed by atoms with E-state index in [0.29, 0.717) is 34.1 Å². The molecule has 33 heavy (non-hydrogen) atoms. The van der Waals surface area contributed by atoms with E-state index in [2.05, 4.69) is 16.3 Å². The molecule has 11 heteroatoms. The molecule has 168 valence electrons. The average Bonchev–Trinajstić information content (AvgIpc) is 3.16. The second-order valence-electron chi connectivity index (χ2n) is 7.24. The number of aryl methyl sites for hydroxylation is 1. The Balaban J connectivity index is 1.69. The van der Waals surface area contributed by atoms with Crippen LogP contribution in [-0.4, -0.2) is 22.2 Å². The largest absolute Gasteiger partial charge is 0.493 e. The van der Waals surface area contributed by atoms with Gasteiger partial charge in [-0.1, -0.05) is 11.6 Å². The number of halogens is 1. The van der Waals surface area contributed by atoms with E-state index in [4.69, 9.17) is 31.5 Å². The SMILES string of the molecule is COc1cc([C@H]2C(C#N)=C(N)Oc3n[nH]c(C)c32)cc(Cl)c1OCc1ccc([N+](=O)[O-])cc1. The number of nitro groups is 1. The van der Waals surface area contributed by atoms with Crippen molar-refractivity contribution in [1.82, 2.24) is 10.2 Å². The van der Waals surface area contributed by atoms with Crippen LogP contribution in [-0.2, 0) is 6.61 Å². The molecule has 4 rings (SSSR count). The van der Waals surface area contributed by atoms with Gasteiger partial charge in [-0.3, -0.25) is 15.2 Å². The number of nitriles is 1. The number of hydrogen-bond acceptors (Lipinski definition) is 8. The van der Waals surface area contributed by atoms with E-state index in [1.54, 1.807) is 24.3 Å². The molecule has 0 saturated heterocycles. The van der Waals surface area contributed by atoms with Crippen molar-refractivity contribution < 1.29 is 19.1 Å². The molecule has 0 radical (unpaired) electrons. The number of nitrogens with zero attached hydrogens (tertiary/aromatic N) is 3. The van der Waals surface area contributed by atoms with E-state index in [1.165, 1.54) is 19.2 Å². The van der Waals surface area contributed by atoms with E-state index in [9.17, 15) is 15.4 Å². The minimum absolute atomic E-state index is 0.00953. The first kappa shape index (κ1) is 22.0. The van der Waals surface area contributed by atoms with Gasteiger partial charge in [-0.2, -0.15) is 5.26 Å². The normalized spacial score (nSPS) is 14.8. The summed E-state index contributed by atoms with van der Waals surface area (Å²) < 4.78 is 16.9. The third-order valence-electron chi connectivity index (χ3n) is 5.24. The highest BCUT2D eigenvalue weighted by Gasteiger charge is 2.35. The van der Waals surface area contributed by atoms with Crippen LogP contribution in [0.5, 0.6) is 17.4 Å². The highest BCUT2D eigenvalue weighted by Crippen LogP contribution is 2.46. The van der Waals surface area contributed by atoms with E-state index in [0.717, 1.165) is 5.69 Å². The molecule has 1 aromatic heterocycles. The van der Waals surface area contributed by atoms with Gasteiger partial charge >= 0.3 is 0 Å². The average molecular weight is 468 g/mol. The molecule has 0 bridgehead atoms. The van der Waals surface area contributed by atoms with Crippen LogP contribution in [0.15, 0.2) is 47.9 Å². The quantitative estimate of drug-likeness (QED) is 0.406. The number of ether oxygens (including phenoxy) is 3. The van der Waals surface area contributed by atoms with Gasteiger partial charge in [0.1, 0.15) is 18.2 Å².